The molecule has 2 heterocycles. The Morgan fingerprint density at radius 3 is 2.31 bits per heavy atom. The number of likely N-dealkylation sites (tertiary alicyclic amines) is 1. The Morgan fingerprint density at radius 1 is 0.931 bits per heavy atom. The van der Waals surface area contributed by atoms with Crippen molar-refractivity contribution in [2.75, 3.05) is 39.3 Å². The van der Waals surface area contributed by atoms with Crippen molar-refractivity contribution in [3.63, 3.8) is 0 Å². The molecule has 2 aliphatic carbocycles. The predicted molar refractivity (Wildman–Crippen MR) is 114 cm³/mol. The Hall–Kier alpha value is -0.940. The number of carbonyl (C=O) groups excluding carboxylic acids is 2. The quantitative estimate of drug-likeness (QED) is 0.505. The van der Waals surface area contributed by atoms with Crippen LogP contribution in [-0.2, 0) is 9.59 Å². The molecule has 2 saturated heterocycles. The van der Waals surface area contributed by atoms with E-state index in [2.05, 4.69) is 20.8 Å². The molecule has 0 aromatic rings. The van der Waals surface area contributed by atoms with E-state index in [1.165, 1.54) is 64.8 Å². The smallest absolute Gasteiger partial charge is 0.235 e. The van der Waals surface area contributed by atoms with Gasteiger partial charge in [-0.2, -0.15) is 0 Å². The molecule has 5 heteroatoms. The summed E-state index contributed by atoms with van der Waals surface area (Å²) >= 11 is 0. The third kappa shape index (κ3) is 3.78. The van der Waals surface area contributed by atoms with Gasteiger partial charge in [0.05, 0.1) is 18.0 Å². The summed E-state index contributed by atoms with van der Waals surface area (Å²) in [5, 5.41) is 0. The average molecular weight is 406 g/mol. The second-order valence-electron chi connectivity index (χ2n) is 11.1. The number of nitrogens with zero attached hydrogens (tertiary/aromatic N) is 1. The molecule has 4 fully saturated rings. The zero-order chi connectivity index (χ0) is 20.6. The number of rotatable bonds is 6. The van der Waals surface area contributed by atoms with Gasteiger partial charge in [0, 0.05) is 12.5 Å². The molecule has 0 unspecified atom stereocenters. The van der Waals surface area contributed by atoms with Crippen LogP contribution in [0.3, 0.4) is 0 Å². The van der Waals surface area contributed by atoms with E-state index in [4.69, 9.17) is 0 Å². The van der Waals surface area contributed by atoms with Gasteiger partial charge in [-0.3, -0.25) is 14.5 Å². The van der Waals surface area contributed by atoms with E-state index in [9.17, 15) is 9.59 Å². The molecule has 0 radical (unpaired) electrons. The largest absolute Gasteiger partial charge is 0.326 e. The third-order valence-electron chi connectivity index (χ3n) is 9.45. The number of carbonyl (C=O) groups is 2. The molecule has 164 valence electrons. The van der Waals surface area contributed by atoms with Crippen molar-refractivity contribution in [2.45, 2.75) is 84.6 Å². The van der Waals surface area contributed by atoms with Crippen LogP contribution >= 0.6 is 0 Å². The van der Waals surface area contributed by atoms with Crippen molar-refractivity contribution in [1.82, 2.24) is 4.90 Å². The number of unbranched alkanes of at least 4 members (excludes halogenated alkanes) is 1. The van der Waals surface area contributed by atoms with Crippen LogP contribution < -0.4 is 9.80 Å². The van der Waals surface area contributed by atoms with Crippen LogP contribution in [-0.4, -0.2) is 62.0 Å². The molecule has 2 saturated carbocycles. The van der Waals surface area contributed by atoms with Gasteiger partial charge in [0.15, 0.2) is 0 Å². The fourth-order valence-corrected chi connectivity index (χ4v) is 6.85. The zero-order valence-electron chi connectivity index (χ0n) is 19.0. The molecule has 5 nitrogen and oxygen atoms in total. The van der Waals surface area contributed by atoms with Crippen LogP contribution in [0.25, 0.3) is 0 Å². The Morgan fingerprint density at radius 2 is 1.62 bits per heavy atom. The molecule has 0 aromatic heterocycles. The first-order chi connectivity index (χ1) is 13.8. The summed E-state index contributed by atoms with van der Waals surface area (Å²) < 4.78 is 0. The monoisotopic (exact) mass is 405 g/mol. The maximum absolute atomic E-state index is 13.1. The normalized spacial score (nSPS) is 37.9. The summed E-state index contributed by atoms with van der Waals surface area (Å²) in [6.07, 6.45) is 11.0. The fourth-order valence-electron chi connectivity index (χ4n) is 6.85. The van der Waals surface area contributed by atoms with E-state index in [1.807, 2.05) is 4.90 Å². The standard InChI is InChI=1S/C24H41N3O2/c1-23(2)20-11-12-24(23,3)22(29)27(21(20)28)14-8-7-13-25-15-17-26(18-16-25)19-9-5-4-6-10-19/h19-20H,4-18H2,1-3H3/p+2/t20-,24+/m1/s1. The van der Waals surface area contributed by atoms with Gasteiger partial charge < -0.3 is 9.80 Å². The van der Waals surface area contributed by atoms with E-state index < -0.39 is 0 Å². The zero-order valence-corrected chi connectivity index (χ0v) is 19.0. The molecule has 4 aliphatic rings. The van der Waals surface area contributed by atoms with Crippen molar-refractivity contribution < 1.29 is 19.4 Å². The minimum Gasteiger partial charge on any atom is -0.326 e. The van der Waals surface area contributed by atoms with Gasteiger partial charge in [-0.15, -0.1) is 0 Å². The first-order valence-corrected chi connectivity index (χ1v) is 12.4. The fraction of sp³-hybridized carbons (Fsp3) is 0.917. The molecule has 2 atom stereocenters. The molecule has 4 rings (SSSR count). The number of fused-ring (bicyclic) bond motifs is 2. The molecule has 2 aliphatic heterocycles. The van der Waals surface area contributed by atoms with E-state index in [-0.39, 0.29) is 28.6 Å². The van der Waals surface area contributed by atoms with Gasteiger partial charge in [0.1, 0.15) is 26.2 Å². The number of quaternary nitrogens is 2. The summed E-state index contributed by atoms with van der Waals surface area (Å²) in [6.45, 7) is 13.4. The minimum absolute atomic E-state index is 0.0339. The van der Waals surface area contributed by atoms with E-state index in [0.29, 0.717) is 6.54 Å². The van der Waals surface area contributed by atoms with E-state index in [1.54, 1.807) is 9.80 Å². The number of imide groups is 1. The Balaban J connectivity index is 1.20. The highest BCUT2D eigenvalue weighted by Gasteiger charge is 2.64. The molecule has 2 amide bonds. The molecule has 0 aromatic carbocycles. The van der Waals surface area contributed by atoms with Crippen molar-refractivity contribution in [1.29, 1.82) is 0 Å². The van der Waals surface area contributed by atoms with Crippen LogP contribution in [0.15, 0.2) is 0 Å². The predicted octanol–water partition coefficient (Wildman–Crippen LogP) is 0.694. The van der Waals surface area contributed by atoms with Crippen LogP contribution in [0, 0.1) is 16.7 Å². The van der Waals surface area contributed by atoms with Crippen molar-refractivity contribution in [3.05, 3.63) is 0 Å². The lowest BCUT2D eigenvalue weighted by Crippen LogP contribution is -3.29. The van der Waals surface area contributed by atoms with Gasteiger partial charge in [-0.05, 0) is 56.8 Å². The van der Waals surface area contributed by atoms with E-state index in [0.717, 1.165) is 31.7 Å². The first kappa shape index (κ1) is 21.3. The number of nitrogens with one attached hydrogen (secondary N) is 2. The highest BCUT2D eigenvalue weighted by Crippen LogP contribution is 2.60. The summed E-state index contributed by atoms with van der Waals surface area (Å²) in [5.41, 5.74) is -0.544. The molecular formula is C24H43N3O2+2. The lowest BCUT2D eigenvalue weighted by molar-refractivity contribution is -1.02. The first-order valence-electron chi connectivity index (χ1n) is 12.4. The number of hydrogen-bond acceptors (Lipinski definition) is 2. The summed E-state index contributed by atoms with van der Waals surface area (Å²) in [4.78, 5) is 31.3. The number of amides is 2. The van der Waals surface area contributed by atoms with Crippen LogP contribution in [0.4, 0.5) is 0 Å². The van der Waals surface area contributed by atoms with Gasteiger partial charge >= 0.3 is 0 Å². The molecule has 0 spiro atoms. The summed E-state index contributed by atoms with van der Waals surface area (Å²) in [5.74, 6) is 0.233. The summed E-state index contributed by atoms with van der Waals surface area (Å²) in [6, 6.07) is 0.933. The van der Waals surface area contributed by atoms with Crippen LogP contribution in [0.2, 0.25) is 0 Å². The SMILES string of the molecule is CC1(C)[C@@H]2CC[C@@]1(C)C(=O)N(CCCC[NH+]1CC[NH+](C3CCCCC3)CC1)C2=O. The van der Waals surface area contributed by atoms with Crippen molar-refractivity contribution in [3.8, 4) is 0 Å². The second kappa shape index (κ2) is 8.30. The van der Waals surface area contributed by atoms with Gasteiger partial charge in [0.25, 0.3) is 0 Å². The maximum atomic E-state index is 13.1. The topological polar surface area (TPSA) is 46.3 Å². The lowest BCUT2D eigenvalue weighted by Gasteiger charge is -2.47. The molecule has 2 bridgehead atoms. The van der Waals surface area contributed by atoms with Gasteiger partial charge in [-0.25, -0.2) is 0 Å². The molecular weight excluding hydrogens is 362 g/mol. The highest BCUT2D eigenvalue weighted by molar-refractivity contribution is 6.03. The molecule has 2 N–H and O–H groups in total. The Labute approximate surface area is 177 Å². The summed E-state index contributed by atoms with van der Waals surface area (Å²) in [7, 11) is 0. The van der Waals surface area contributed by atoms with Gasteiger partial charge in [0.2, 0.25) is 11.8 Å². The maximum Gasteiger partial charge on any atom is 0.235 e. The third-order valence-corrected chi connectivity index (χ3v) is 9.45. The Kier molecular flexibility index (Phi) is 6.09. The Bertz CT molecular complexity index is 620. The highest BCUT2D eigenvalue weighted by atomic mass is 16.2. The minimum atomic E-state index is -0.352. The van der Waals surface area contributed by atoms with Crippen LogP contribution in [0.1, 0.15) is 78.6 Å². The van der Waals surface area contributed by atoms with Crippen LogP contribution in [0.5, 0.6) is 0 Å². The van der Waals surface area contributed by atoms with E-state index >= 15 is 0 Å². The number of piperazine rings is 1. The number of hydrogen-bond donors (Lipinski definition) is 2. The molecule has 29 heavy (non-hydrogen) atoms. The lowest BCUT2D eigenvalue weighted by atomic mass is 9.62. The second-order valence-corrected chi connectivity index (χ2v) is 11.1. The number of piperidine rings is 1. The average Bonchev–Trinajstić information content (AvgIpc) is 2.92. The van der Waals surface area contributed by atoms with Crippen molar-refractivity contribution in [2.24, 2.45) is 16.7 Å². The van der Waals surface area contributed by atoms with Gasteiger partial charge in [-0.1, -0.05) is 27.2 Å². The van der Waals surface area contributed by atoms with Crippen molar-refractivity contribution >= 4 is 11.8 Å².